The SMILES string of the molecule is O=C(OCc1ccccc1)N1CC(O)(c2ccccn2)C1. The summed E-state index contributed by atoms with van der Waals surface area (Å²) >= 11 is 0. The molecule has 5 heteroatoms. The molecule has 0 radical (unpaired) electrons. The Morgan fingerprint density at radius 3 is 2.57 bits per heavy atom. The van der Waals surface area contributed by atoms with Crippen LogP contribution in [0.2, 0.25) is 0 Å². The van der Waals surface area contributed by atoms with E-state index in [0.29, 0.717) is 5.69 Å². The smallest absolute Gasteiger partial charge is 0.410 e. The Labute approximate surface area is 122 Å². The maximum atomic E-state index is 11.9. The van der Waals surface area contributed by atoms with E-state index in [4.69, 9.17) is 4.74 Å². The molecule has 5 nitrogen and oxygen atoms in total. The number of carbonyl (C=O) groups is 1. The zero-order chi connectivity index (χ0) is 14.7. The number of benzene rings is 1. The van der Waals surface area contributed by atoms with Gasteiger partial charge in [-0.2, -0.15) is 0 Å². The Morgan fingerprint density at radius 2 is 1.90 bits per heavy atom. The number of nitrogens with zero attached hydrogens (tertiary/aromatic N) is 2. The highest BCUT2D eigenvalue weighted by molar-refractivity contribution is 5.69. The summed E-state index contributed by atoms with van der Waals surface area (Å²) in [6, 6.07) is 14.9. The second-order valence-corrected chi connectivity index (χ2v) is 5.14. The first-order chi connectivity index (χ1) is 10.2. The molecule has 2 aromatic rings. The van der Waals surface area contributed by atoms with Gasteiger partial charge in [-0.3, -0.25) is 4.98 Å². The first-order valence-electron chi connectivity index (χ1n) is 6.77. The standard InChI is InChI=1S/C16H16N2O3/c19-15(21-10-13-6-2-1-3-7-13)18-11-16(20,12-18)14-8-4-5-9-17-14/h1-9,20H,10-12H2. The van der Waals surface area contributed by atoms with Crippen LogP contribution in [-0.4, -0.2) is 34.2 Å². The Morgan fingerprint density at radius 1 is 1.19 bits per heavy atom. The van der Waals surface area contributed by atoms with Crippen LogP contribution in [0.4, 0.5) is 4.79 Å². The molecule has 1 saturated heterocycles. The summed E-state index contributed by atoms with van der Waals surface area (Å²) in [5, 5.41) is 10.4. The first-order valence-corrected chi connectivity index (χ1v) is 6.77. The van der Waals surface area contributed by atoms with Crippen molar-refractivity contribution >= 4 is 6.09 Å². The molecule has 3 rings (SSSR count). The Kier molecular flexibility index (Phi) is 3.58. The number of ether oxygens (including phenoxy) is 1. The van der Waals surface area contributed by atoms with Crippen LogP contribution in [0.1, 0.15) is 11.3 Å². The predicted molar refractivity (Wildman–Crippen MR) is 76.3 cm³/mol. The van der Waals surface area contributed by atoms with E-state index in [1.807, 2.05) is 36.4 Å². The monoisotopic (exact) mass is 284 g/mol. The van der Waals surface area contributed by atoms with E-state index < -0.39 is 11.7 Å². The molecule has 1 aromatic heterocycles. The minimum Gasteiger partial charge on any atom is -0.445 e. The molecule has 1 N–H and O–H groups in total. The van der Waals surface area contributed by atoms with E-state index in [9.17, 15) is 9.90 Å². The van der Waals surface area contributed by atoms with Crippen LogP contribution in [0, 0.1) is 0 Å². The number of hydrogen-bond acceptors (Lipinski definition) is 4. The van der Waals surface area contributed by atoms with E-state index in [-0.39, 0.29) is 19.7 Å². The summed E-state index contributed by atoms with van der Waals surface area (Å²) in [7, 11) is 0. The lowest BCUT2D eigenvalue weighted by Gasteiger charge is -2.44. The number of hydrogen-bond donors (Lipinski definition) is 1. The van der Waals surface area contributed by atoms with E-state index >= 15 is 0 Å². The molecule has 0 spiro atoms. The number of likely N-dealkylation sites (tertiary alicyclic amines) is 1. The van der Waals surface area contributed by atoms with E-state index in [2.05, 4.69) is 4.98 Å². The topological polar surface area (TPSA) is 62.7 Å². The summed E-state index contributed by atoms with van der Waals surface area (Å²) in [4.78, 5) is 17.5. The zero-order valence-corrected chi connectivity index (χ0v) is 11.5. The molecular weight excluding hydrogens is 268 g/mol. The normalized spacial score (nSPS) is 16.1. The van der Waals surface area contributed by atoms with Crippen LogP contribution in [0.3, 0.4) is 0 Å². The largest absolute Gasteiger partial charge is 0.445 e. The predicted octanol–water partition coefficient (Wildman–Crippen LogP) is 1.92. The average Bonchev–Trinajstić information content (AvgIpc) is 2.51. The van der Waals surface area contributed by atoms with Crippen molar-refractivity contribution in [3.8, 4) is 0 Å². The molecule has 1 aromatic carbocycles. The minimum absolute atomic E-state index is 0.206. The number of amides is 1. The van der Waals surface area contributed by atoms with Crippen molar-refractivity contribution < 1.29 is 14.6 Å². The van der Waals surface area contributed by atoms with Gasteiger partial charge in [0.05, 0.1) is 18.8 Å². The average molecular weight is 284 g/mol. The van der Waals surface area contributed by atoms with Crippen LogP contribution in [-0.2, 0) is 16.9 Å². The van der Waals surface area contributed by atoms with Crippen LogP contribution in [0.25, 0.3) is 0 Å². The van der Waals surface area contributed by atoms with Crippen LogP contribution >= 0.6 is 0 Å². The van der Waals surface area contributed by atoms with Crippen molar-refractivity contribution in [3.05, 3.63) is 66.0 Å². The molecule has 0 bridgehead atoms. The lowest BCUT2D eigenvalue weighted by molar-refractivity contribution is -0.0976. The van der Waals surface area contributed by atoms with Gasteiger partial charge in [-0.15, -0.1) is 0 Å². The number of aliphatic hydroxyl groups is 1. The van der Waals surface area contributed by atoms with Gasteiger partial charge in [0.2, 0.25) is 0 Å². The highest BCUT2D eigenvalue weighted by Crippen LogP contribution is 2.30. The second-order valence-electron chi connectivity index (χ2n) is 5.14. The van der Waals surface area contributed by atoms with Gasteiger partial charge in [0, 0.05) is 6.20 Å². The number of rotatable bonds is 3. The highest BCUT2D eigenvalue weighted by Gasteiger charge is 2.46. The molecule has 1 amide bonds. The molecule has 0 saturated carbocycles. The quantitative estimate of drug-likeness (QED) is 0.935. The molecule has 0 unspecified atom stereocenters. The Hall–Kier alpha value is -2.40. The number of pyridine rings is 1. The summed E-state index contributed by atoms with van der Waals surface area (Å²) in [6.45, 7) is 0.646. The highest BCUT2D eigenvalue weighted by atomic mass is 16.6. The molecule has 1 fully saturated rings. The van der Waals surface area contributed by atoms with Gasteiger partial charge in [0.15, 0.2) is 0 Å². The van der Waals surface area contributed by atoms with Gasteiger partial charge >= 0.3 is 6.09 Å². The molecule has 0 aliphatic carbocycles. The fourth-order valence-corrected chi connectivity index (χ4v) is 2.32. The summed E-state index contributed by atoms with van der Waals surface area (Å²) in [5.41, 5.74) is 0.455. The molecule has 0 atom stereocenters. The van der Waals surface area contributed by atoms with Crippen molar-refractivity contribution in [2.24, 2.45) is 0 Å². The van der Waals surface area contributed by atoms with Gasteiger partial charge in [-0.05, 0) is 17.7 Å². The summed E-state index contributed by atoms with van der Waals surface area (Å²) in [5.74, 6) is 0. The van der Waals surface area contributed by atoms with Gasteiger partial charge < -0.3 is 14.7 Å². The van der Waals surface area contributed by atoms with Gasteiger partial charge in [-0.1, -0.05) is 36.4 Å². The fourth-order valence-electron chi connectivity index (χ4n) is 2.32. The number of β-amino-alcohol motifs (C(OH)–C–C–N with tert-alkyl or cyclic N) is 1. The molecule has 21 heavy (non-hydrogen) atoms. The number of carbonyl (C=O) groups excluding carboxylic acids is 1. The van der Waals surface area contributed by atoms with Crippen LogP contribution in [0.15, 0.2) is 54.7 Å². The van der Waals surface area contributed by atoms with Crippen LogP contribution in [0.5, 0.6) is 0 Å². The van der Waals surface area contributed by atoms with Crippen LogP contribution < -0.4 is 0 Å². The molecule has 1 aliphatic rings. The fraction of sp³-hybridized carbons (Fsp3) is 0.250. The summed E-state index contributed by atoms with van der Waals surface area (Å²) in [6.07, 6.45) is 1.21. The molecule has 108 valence electrons. The third-order valence-electron chi connectivity index (χ3n) is 3.51. The number of aromatic nitrogens is 1. The van der Waals surface area contributed by atoms with Gasteiger partial charge in [0.1, 0.15) is 12.2 Å². The van der Waals surface area contributed by atoms with E-state index in [1.54, 1.807) is 18.3 Å². The van der Waals surface area contributed by atoms with Gasteiger partial charge in [0.25, 0.3) is 0 Å². The summed E-state index contributed by atoms with van der Waals surface area (Å²) < 4.78 is 5.22. The van der Waals surface area contributed by atoms with Crippen molar-refractivity contribution in [2.75, 3.05) is 13.1 Å². The van der Waals surface area contributed by atoms with E-state index in [1.165, 1.54) is 4.90 Å². The maximum Gasteiger partial charge on any atom is 0.410 e. The van der Waals surface area contributed by atoms with Crippen molar-refractivity contribution in [1.82, 2.24) is 9.88 Å². The molecule has 2 heterocycles. The second kappa shape index (κ2) is 5.54. The third kappa shape index (κ3) is 2.87. The molecule has 1 aliphatic heterocycles. The lowest BCUT2D eigenvalue weighted by Crippen LogP contribution is -2.61. The van der Waals surface area contributed by atoms with Crippen molar-refractivity contribution in [3.63, 3.8) is 0 Å². The molecular formula is C16H16N2O3. The lowest BCUT2D eigenvalue weighted by atomic mass is 9.90. The van der Waals surface area contributed by atoms with E-state index in [0.717, 1.165) is 5.56 Å². The van der Waals surface area contributed by atoms with Crippen molar-refractivity contribution in [1.29, 1.82) is 0 Å². The van der Waals surface area contributed by atoms with Crippen molar-refractivity contribution in [2.45, 2.75) is 12.2 Å². The maximum absolute atomic E-state index is 11.9. The minimum atomic E-state index is -1.06. The zero-order valence-electron chi connectivity index (χ0n) is 11.5. The van der Waals surface area contributed by atoms with Gasteiger partial charge in [-0.25, -0.2) is 4.79 Å². The third-order valence-corrected chi connectivity index (χ3v) is 3.51. The first kappa shape index (κ1) is 13.6. The Balaban J connectivity index is 1.53. The Bertz CT molecular complexity index is 610.